The molecular weight excluding hydrogens is 290 g/mol. The molecule has 124 valence electrons. The van der Waals surface area contributed by atoms with Gasteiger partial charge in [-0.3, -0.25) is 9.80 Å². The van der Waals surface area contributed by atoms with E-state index in [2.05, 4.69) is 21.9 Å². The second kappa shape index (κ2) is 7.25. The standard InChI is InChI=1S/C18H25N3O2/c1-14-11-20(12-17-10-15(2)23-19-17)8-9-21(14)13-18(22)16-6-4-3-5-7-16/h3-7,10,14,18,22H,8-9,11-13H2,1-2H3/t14-,18-/m1/s1. The van der Waals surface area contributed by atoms with Crippen LogP contribution in [-0.2, 0) is 6.54 Å². The van der Waals surface area contributed by atoms with Crippen molar-refractivity contribution in [2.75, 3.05) is 26.2 Å². The van der Waals surface area contributed by atoms with Crippen LogP contribution in [0.5, 0.6) is 0 Å². The summed E-state index contributed by atoms with van der Waals surface area (Å²) in [5.41, 5.74) is 1.98. The van der Waals surface area contributed by atoms with E-state index in [0.717, 1.165) is 43.2 Å². The second-order valence-corrected chi connectivity index (χ2v) is 6.43. The predicted octanol–water partition coefficient (Wildman–Crippen LogP) is 2.22. The summed E-state index contributed by atoms with van der Waals surface area (Å²) in [4.78, 5) is 4.76. The van der Waals surface area contributed by atoms with Crippen LogP contribution >= 0.6 is 0 Å². The quantitative estimate of drug-likeness (QED) is 0.917. The van der Waals surface area contributed by atoms with Gasteiger partial charge in [-0.25, -0.2) is 0 Å². The fourth-order valence-electron chi connectivity index (χ4n) is 3.21. The van der Waals surface area contributed by atoms with Crippen molar-refractivity contribution < 1.29 is 9.63 Å². The normalized spacial score (nSPS) is 21.4. The minimum absolute atomic E-state index is 0.412. The van der Waals surface area contributed by atoms with Crippen LogP contribution in [0, 0.1) is 6.92 Å². The highest BCUT2D eigenvalue weighted by Gasteiger charge is 2.26. The van der Waals surface area contributed by atoms with Crippen molar-refractivity contribution in [3.8, 4) is 0 Å². The molecule has 1 N–H and O–H groups in total. The van der Waals surface area contributed by atoms with Gasteiger partial charge in [0, 0.05) is 44.8 Å². The Morgan fingerprint density at radius 1 is 1.30 bits per heavy atom. The number of nitrogens with zero attached hydrogens (tertiary/aromatic N) is 3. The van der Waals surface area contributed by atoms with Gasteiger partial charge in [-0.15, -0.1) is 0 Å². The van der Waals surface area contributed by atoms with Crippen LogP contribution in [0.4, 0.5) is 0 Å². The lowest BCUT2D eigenvalue weighted by molar-refractivity contribution is 0.0355. The molecule has 0 saturated carbocycles. The summed E-state index contributed by atoms with van der Waals surface area (Å²) in [6.45, 7) is 8.58. The third kappa shape index (κ3) is 4.19. The number of aryl methyl sites for hydroxylation is 1. The number of rotatable bonds is 5. The van der Waals surface area contributed by atoms with E-state index < -0.39 is 6.10 Å². The monoisotopic (exact) mass is 315 g/mol. The van der Waals surface area contributed by atoms with E-state index >= 15 is 0 Å². The Bertz CT molecular complexity index is 614. The highest BCUT2D eigenvalue weighted by Crippen LogP contribution is 2.18. The number of β-amino-alcohol motifs (C(OH)–C–C–N with tert-alkyl or cyclic N) is 1. The minimum atomic E-state index is -0.427. The summed E-state index contributed by atoms with van der Waals surface area (Å²) in [7, 11) is 0. The smallest absolute Gasteiger partial charge is 0.133 e. The van der Waals surface area contributed by atoms with Gasteiger partial charge in [0.1, 0.15) is 5.76 Å². The molecule has 1 saturated heterocycles. The number of hydrogen-bond acceptors (Lipinski definition) is 5. The number of piperazine rings is 1. The number of aliphatic hydroxyl groups is 1. The molecule has 2 heterocycles. The van der Waals surface area contributed by atoms with Gasteiger partial charge in [-0.2, -0.15) is 0 Å². The summed E-state index contributed by atoms with van der Waals surface area (Å²) in [5.74, 6) is 0.859. The summed E-state index contributed by atoms with van der Waals surface area (Å²) >= 11 is 0. The van der Waals surface area contributed by atoms with Crippen LogP contribution in [0.3, 0.4) is 0 Å². The van der Waals surface area contributed by atoms with Crippen molar-refractivity contribution in [2.24, 2.45) is 0 Å². The molecule has 23 heavy (non-hydrogen) atoms. The third-order valence-electron chi connectivity index (χ3n) is 4.50. The van der Waals surface area contributed by atoms with E-state index in [9.17, 15) is 5.11 Å². The number of aliphatic hydroxyl groups excluding tert-OH is 1. The van der Waals surface area contributed by atoms with Gasteiger partial charge < -0.3 is 9.63 Å². The fraction of sp³-hybridized carbons (Fsp3) is 0.500. The van der Waals surface area contributed by atoms with Crippen molar-refractivity contribution in [1.29, 1.82) is 0 Å². The molecule has 2 atom stereocenters. The lowest BCUT2D eigenvalue weighted by Gasteiger charge is -2.40. The molecule has 0 spiro atoms. The van der Waals surface area contributed by atoms with Crippen LogP contribution < -0.4 is 0 Å². The summed E-state index contributed by atoms with van der Waals surface area (Å²) < 4.78 is 5.14. The lowest BCUT2D eigenvalue weighted by Crippen LogP contribution is -2.52. The average molecular weight is 315 g/mol. The Hall–Kier alpha value is -1.69. The molecule has 2 aromatic rings. The van der Waals surface area contributed by atoms with Crippen LogP contribution in [-0.4, -0.2) is 52.3 Å². The van der Waals surface area contributed by atoms with Gasteiger partial charge in [0.15, 0.2) is 0 Å². The zero-order chi connectivity index (χ0) is 16.2. The van der Waals surface area contributed by atoms with E-state index in [1.807, 2.05) is 43.3 Å². The highest BCUT2D eigenvalue weighted by atomic mass is 16.5. The highest BCUT2D eigenvalue weighted by molar-refractivity contribution is 5.17. The number of benzene rings is 1. The van der Waals surface area contributed by atoms with E-state index in [-0.39, 0.29) is 0 Å². The predicted molar refractivity (Wildman–Crippen MR) is 89.0 cm³/mol. The number of hydrogen-bond donors (Lipinski definition) is 1. The Kier molecular flexibility index (Phi) is 5.10. The van der Waals surface area contributed by atoms with Crippen LogP contribution in [0.15, 0.2) is 40.9 Å². The average Bonchev–Trinajstić information content (AvgIpc) is 2.96. The molecule has 0 bridgehead atoms. The summed E-state index contributed by atoms with van der Waals surface area (Å²) in [5, 5.41) is 14.5. The van der Waals surface area contributed by atoms with E-state index in [1.165, 1.54) is 0 Å². The van der Waals surface area contributed by atoms with E-state index in [0.29, 0.717) is 12.6 Å². The van der Waals surface area contributed by atoms with Gasteiger partial charge in [0.05, 0.1) is 11.8 Å². The van der Waals surface area contributed by atoms with Crippen LogP contribution in [0.1, 0.15) is 30.0 Å². The fourth-order valence-corrected chi connectivity index (χ4v) is 3.21. The maximum Gasteiger partial charge on any atom is 0.133 e. The van der Waals surface area contributed by atoms with Crippen molar-refractivity contribution in [2.45, 2.75) is 32.5 Å². The van der Waals surface area contributed by atoms with Gasteiger partial charge in [-0.1, -0.05) is 35.5 Å². The van der Waals surface area contributed by atoms with Crippen molar-refractivity contribution in [3.63, 3.8) is 0 Å². The maximum atomic E-state index is 10.4. The molecule has 3 rings (SSSR count). The molecule has 1 aliphatic rings. The van der Waals surface area contributed by atoms with Crippen LogP contribution in [0.25, 0.3) is 0 Å². The molecule has 1 aromatic carbocycles. The van der Waals surface area contributed by atoms with Gasteiger partial charge in [0.25, 0.3) is 0 Å². The molecule has 0 amide bonds. The first-order valence-corrected chi connectivity index (χ1v) is 8.23. The summed E-state index contributed by atoms with van der Waals surface area (Å²) in [6.07, 6.45) is -0.427. The molecular formula is C18H25N3O2. The van der Waals surface area contributed by atoms with Crippen molar-refractivity contribution >= 4 is 0 Å². The molecule has 0 radical (unpaired) electrons. The molecule has 0 unspecified atom stereocenters. The van der Waals surface area contributed by atoms with E-state index in [4.69, 9.17) is 4.52 Å². The minimum Gasteiger partial charge on any atom is -0.387 e. The Morgan fingerprint density at radius 2 is 2.09 bits per heavy atom. The second-order valence-electron chi connectivity index (χ2n) is 6.43. The molecule has 1 aromatic heterocycles. The molecule has 1 aliphatic heterocycles. The number of aromatic nitrogens is 1. The third-order valence-corrected chi connectivity index (χ3v) is 4.50. The Balaban J connectivity index is 1.52. The van der Waals surface area contributed by atoms with Crippen LogP contribution in [0.2, 0.25) is 0 Å². The van der Waals surface area contributed by atoms with Gasteiger partial charge >= 0.3 is 0 Å². The molecule has 0 aliphatic carbocycles. The van der Waals surface area contributed by atoms with E-state index in [1.54, 1.807) is 0 Å². The SMILES string of the molecule is Cc1cc(CN2CCN(C[C@@H](O)c3ccccc3)[C@H](C)C2)no1. The van der Waals surface area contributed by atoms with Gasteiger partial charge in [0.2, 0.25) is 0 Å². The van der Waals surface area contributed by atoms with Crippen molar-refractivity contribution in [3.05, 3.63) is 53.4 Å². The summed E-state index contributed by atoms with van der Waals surface area (Å²) in [6, 6.07) is 12.3. The van der Waals surface area contributed by atoms with Gasteiger partial charge in [-0.05, 0) is 19.4 Å². The zero-order valence-electron chi connectivity index (χ0n) is 13.9. The Morgan fingerprint density at radius 3 is 2.74 bits per heavy atom. The largest absolute Gasteiger partial charge is 0.387 e. The molecule has 5 heteroatoms. The zero-order valence-corrected chi connectivity index (χ0v) is 13.9. The van der Waals surface area contributed by atoms with Crippen molar-refractivity contribution in [1.82, 2.24) is 15.0 Å². The lowest BCUT2D eigenvalue weighted by atomic mass is 10.1. The molecule has 5 nitrogen and oxygen atoms in total. The first kappa shape index (κ1) is 16.2. The first-order valence-electron chi connectivity index (χ1n) is 8.23. The Labute approximate surface area is 137 Å². The molecule has 1 fully saturated rings. The topological polar surface area (TPSA) is 52.7 Å². The maximum absolute atomic E-state index is 10.4. The first-order chi connectivity index (χ1) is 11.1.